The molecule has 0 radical (unpaired) electrons. The standard InChI is InChI=1S/C9H10N4O2S/c1-5(7-10-2-3-11-7)12-9-13-6(4-16-9)8(14)15/h2-5H,1H3,(H,10,11)(H,12,13)(H,14,15). The molecule has 6 nitrogen and oxygen atoms in total. The van der Waals surface area contributed by atoms with Gasteiger partial charge in [-0.15, -0.1) is 11.3 Å². The minimum Gasteiger partial charge on any atom is -0.476 e. The van der Waals surface area contributed by atoms with Crippen LogP contribution in [-0.4, -0.2) is 26.0 Å². The van der Waals surface area contributed by atoms with Crippen molar-refractivity contribution in [3.05, 3.63) is 29.3 Å². The Morgan fingerprint density at radius 1 is 1.69 bits per heavy atom. The average molecular weight is 238 g/mol. The summed E-state index contributed by atoms with van der Waals surface area (Å²) < 4.78 is 0. The highest BCUT2D eigenvalue weighted by atomic mass is 32.1. The molecular formula is C9H10N4O2S. The van der Waals surface area contributed by atoms with Gasteiger partial charge in [-0.2, -0.15) is 0 Å². The topological polar surface area (TPSA) is 90.9 Å². The van der Waals surface area contributed by atoms with E-state index in [1.165, 1.54) is 16.7 Å². The molecule has 2 rings (SSSR count). The van der Waals surface area contributed by atoms with E-state index in [2.05, 4.69) is 20.3 Å². The number of nitrogens with zero attached hydrogens (tertiary/aromatic N) is 2. The highest BCUT2D eigenvalue weighted by Crippen LogP contribution is 2.20. The lowest BCUT2D eigenvalue weighted by Crippen LogP contribution is -2.08. The van der Waals surface area contributed by atoms with Gasteiger partial charge in [0.2, 0.25) is 0 Å². The summed E-state index contributed by atoms with van der Waals surface area (Å²) in [6, 6.07) is -0.0391. The van der Waals surface area contributed by atoms with Crippen molar-refractivity contribution in [1.29, 1.82) is 0 Å². The van der Waals surface area contributed by atoms with Crippen molar-refractivity contribution in [2.45, 2.75) is 13.0 Å². The molecule has 3 N–H and O–H groups in total. The molecule has 2 aromatic heterocycles. The van der Waals surface area contributed by atoms with Crippen LogP contribution in [0.5, 0.6) is 0 Å². The number of aromatic carboxylic acids is 1. The zero-order chi connectivity index (χ0) is 11.5. The smallest absolute Gasteiger partial charge is 0.355 e. The van der Waals surface area contributed by atoms with E-state index in [1.54, 1.807) is 12.4 Å². The van der Waals surface area contributed by atoms with Gasteiger partial charge in [0.15, 0.2) is 10.8 Å². The molecule has 0 amide bonds. The number of nitrogens with one attached hydrogen (secondary N) is 2. The van der Waals surface area contributed by atoms with E-state index in [1.807, 2.05) is 6.92 Å². The van der Waals surface area contributed by atoms with E-state index in [4.69, 9.17) is 5.11 Å². The lowest BCUT2D eigenvalue weighted by molar-refractivity contribution is 0.0691. The van der Waals surface area contributed by atoms with Gasteiger partial charge in [-0.05, 0) is 6.92 Å². The summed E-state index contributed by atoms with van der Waals surface area (Å²) in [4.78, 5) is 21.6. The number of anilines is 1. The first-order chi connectivity index (χ1) is 7.66. The second kappa shape index (κ2) is 4.31. The van der Waals surface area contributed by atoms with E-state index < -0.39 is 5.97 Å². The van der Waals surface area contributed by atoms with Crippen molar-refractivity contribution in [2.75, 3.05) is 5.32 Å². The Morgan fingerprint density at radius 3 is 3.06 bits per heavy atom. The molecule has 0 aliphatic rings. The number of imidazole rings is 1. The molecule has 84 valence electrons. The Balaban J connectivity index is 2.06. The van der Waals surface area contributed by atoms with Gasteiger partial charge in [0, 0.05) is 17.8 Å². The maximum atomic E-state index is 10.6. The Labute approximate surface area is 95.4 Å². The van der Waals surface area contributed by atoms with Gasteiger partial charge in [0.25, 0.3) is 0 Å². The van der Waals surface area contributed by atoms with E-state index in [0.717, 1.165) is 5.82 Å². The quantitative estimate of drug-likeness (QED) is 0.754. The fraction of sp³-hybridized carbons (Fsp3) is 0.222. The molecule has 16 heavy (non-hydrogen) atoms. The Bertz CT molecular complexity index is 479. The highest BCUT2D eigenvalue weighted by molar-refractivity contribution is 7.13. The molecule has 0 spiro atoms. The fourth-order valence-electron chi connectivity index (χ4n) is 1.21. The molecule has 7 heteroatoms. The van der Waals surface area contributed by atoms with Crippen LogP contribution < -0.4 is 5.32 Å². The molecule has 0 aliphatic heterocycles. The number of carbonyl (C=O) groups is 1. The second-order valence-electron chi connectivity index (χ2n) is 3.18. The van der Waals surface area contributed by atoms with Crippen molar-refractivity contribution in [3.8, 4) is 0 Å². The summed E-state index contributed by atoms with van der Waals surface area (Å²) in [7, 11) is 0. The van der Waals surface area contributed by atoms with Crippen molar-refractivity contribution in [1.82, 2.24) is 15.0 Å². The van der Waals surface area contributed by atoms with Gasteiger partial charge >= 0.3 is 5.97 Å². The molecule has 0 bridgehead atoms. The van der Waals surface area contributed by atoms with Gasteiger partial charge in [-0.25, -0.2) is 14.8 Å². The Morgan fingerprint density at radius 2 is 2.50 bits per heavy atom. The Hall–Kier alpha value is -1.89. The predicted octanol–water partition coefficient (Wildman–Crippen LogP) is 1.74. The summed E-state index contributed by atoms with van der Waals surface area (Å²) in [5, 5.41) is 13.9. The molecule has 0 fully saturated rings. The van der Waals surface area contributed by atoms with Crippen molar-refractivity contribution >= 4 is 22.4 Å². The first kappa shape index (κ1) is 10.6. The number of hydrogen-bond donors (Lipinski definition) is 3. The van der Waals surface area contributed by atoms with Crippen LogP contribution in [-0.2, 0) is 0 Å². The van der Waals surface area contributed by atoms with Gasteiger partial charge in [-0.3, -0.25) is 0 Å². The van der Waals surface area contributed by atoms with Gasteiger partial charge in [0.1, 0.15) is 5.82 Å². The number of thiazole rings is 1. The first-order valence-corrected chi connectivity index (χ1v) is 5.49. The van der Waals surface area contributed by atoms with E-state index >= 15 is 0 Å². The maximum Gasteiger partial charge on any atom is 0.355 e. The molecule has 2 aromatic rings. The molecule has 1 unspecified atom stereocenters. The number of H-pyrrole nitrogens is 1. The van der Waals surface area contributed by atoms with Crippen LogP contribution in [0.2, 0.25) is 0 Å². The van der Waals surface area contributed by atoms with Crippen molar-refractivity contribution < 1.29 is 9.90 Å². The van der Waals surface area contributed by atoms with Gasteiger partial charge in [-0.1, -0.05) is 0 Å². The third-order valence-electron chi connectivity index (χ3n) is 1.99. The largest absolute Gasteiger partial charge is 0.476 e. The summed E-state index contributed by atoms with van der Waals surface area (Å²) >= 11 is 1.26. The van der Waals surface area contributed by atoms with Crippen LogP contribution in [0.4, 0.5) is 5.13 Å². The van der Waals surface area contributed by atoms with Gasteiger partial charge in [0.05, 0.1) is 6.04 Å². The van der Waals surface area contributed by atoms with Crippen LogP contribution in [0, 0.1) is 0 Å². The summed E-state index contributed by atoms with van der Waals surface area (Å²) in [5.41, 5.74) is 0.0548. The summed E-state index contributed by atoms with van der Waals surface area (Å²) in [5.74, 6) is -0.234. The third-order valence-corrected chi connectivity index (χ3v) is 2.77. The zero-order valence-corrected chi connectivity index (χ0v) is 9.28. The third kappa shape index (κ3) is 2.19. The maximum absolute atomic E-state index is 10.6. The predicted molar refractivity (Wildman–Crippen MR) is 59.7 cm³/mol. The first-order valence-electron chi connectivity index (χ1n) is 4.61. The highest BCUT2D eigenvalue weighted by Gasteiger charge is 2.12. The lowest BCUT2D eigenvalue weighted by atomic mass is 10.3. The van der Waals surface area contributed by atoms with Crippen LogP contribution in [0.25, 0.3) is 0 Å². The normalized spacial score (nSPS) is 12.3. The fourth-order valence-corrected chi connectivity index (χ4v) is 1.98. The number of carboxylic acids is 1. The number of aromatic amines is 1. The van der Waals surface area contributed by atoms with Crippen LogP contribution >= 0.6 is 11.3 Å². The minimum absolute atomic E-state index is 0.0391. The molecule has 0 saturated carbocycles. The van der Waals surface area contributed by atoms with Crippen LogP contribution in [0.1, 0.15) is 29.3 Å². The van der Waals surface area contributed by atoms with Crippen LogP contribution in [0.15, 0.2) is 17.8 Å². The van der Waals surface area contributed by atoms with E-state index in [9.17, 15) is 4.79 Å². The summed E-state index contributed by atoms with van der Waals surface area (Å²) in [6.07, 6.45) is 3.40. The molecular weight excluding hydrogens is 228 g/mol. The average Bonchev–Trinajstić information content (AvgIpc) is 2.87. The Kier molecular flexibility index (Phi) is 2.86. The minimum atomic E-state index is -1.02. The molecule has 0 aromatic carbocycles. The number of carboxylic acid groups (broad SMARTS) is 1. The number of aromatic nitrogens is 3. The molecule has 1 atom stereocenters. The summed E-state index contributed by atoms with van der Waals surface area (Å²) in [6.45, 7) is 1.92. The second-order valence-corrected chi connectivity index (χ2v) is 4.04. The molecule has 0 aliphatic carbocycles. The number of hydrogen-bond acceptors (Lipinski definition) is 5. The van der Waals surface area contributed by atoms with Gasteiger partial charge < -0.3 is 15.4 Å². The van der Waals surface area contributed by atoms with Crippen molar-refractivity contribution in [2.24, 2.45) is 0 Å². The number of rotatable bonds is 4. The SMILES string of the molecule is CC(Nc1nc(C(=O)O)cs1)c1ncc[nH]1. The van der Waals surface area contributed by atoms with E-state index in [0.29, 0.717) is 5.13 Å². The monoisotopic (exact) mass is 238 g/mol. The molecule has 0 saturated heterocycles. The van der Waals surface area contributed by atoms with Crippen LogP contribution in [0.3, 0.4) is 0 Å². The zero-order valence-electron chi connectivity index (χ0n) is 8.47. The van der Waals surface area contributed by atoms with E-state index in [-0.39, 0.29) is 11.7 Å². The lowest BCUT2D eigenvalue weighted by Gasteiger charge is -2.09. The molecule has 2 heterocycles. The van der Waals surface area contributed by atoms with Crippen molar-refractivity contribution in [3.63, 3.8) is 0 Å².